The van der Waals surface area contributed by atoms with Crippen LogP contribution in [0.3, 0.4) is 0 Å². The van der Waals surface area contributed by atoms with Gasteiger partial charge in [0.25, 0.3) is 0 Å². The number of rotatable bonds is 0. The molecule has 1 nitrogen and oxygen atoms in total. The van der Waals surface area contributed by atoms with Crippen LogP contribution in [0.5, 0.6) is 0 Å². The van der Waals surface area contributed by atoms with Gasteiger partial charge in [0.2, 0.25) is 0 Å². The first-order valence-corrected chi connectivity index (χ1v) is 1.41. The van der Waals surface area contributed by atoms with E-state index in [0.29, 0.717) is 0 Å². The van der Waals surface area contributed by atoms with Crippen LogP contribution in [0.1, 0.15) is 13.8 Å². The maximum absolute atomic E-state index is 8.06. The lowest BCUT2D eigenvalue weighted by molar-refractivity contribution is 0.216. The molecule has 1 N–H and O–H groups in total. The molecule has 0 aromatic rings. The summed E-state index contributed by atoms with van der Waals surface area (Å²) in [5, 5.41) is 8.06. The molecule has 0 bridgehead atoms. The molecule has 0 atom stereocenters. The molecule has 0 heterocycles. The summed E-state index contributed by atoms with van der Waals surface area (Å²) in [4.78, 5) is 0. The Kier molecular flexibility index (Phi) is 1.28. The van der Waals surface area contributed by atoms with E-state index in [1.165, 1.54) is 0 Å². The van der Waals surface area contributed by atoms with Crippen LogP contribution < -0.4 is 0 Å². The Bertz CT molecular complexity index is 8.00. The van der Waals surface area contributed by atoms with Crippen LogP contribution in [0, 0.1) is 0 Å². The molecule has 0 aromatic heterocycles. The first kappa shape index (κ1) is 3.96. The molecule has 0 amide bonds. The minimum absolute atomic E-state index is 0.167. The van der Waals surface area contributed by atoms with Crippen molar-refractivity contribution in [3.8, 4) is 0 Å². The SMILES string of the molecule is CC(C)[18OH]. The minimum Gasteiger partial charge on any atom is -0.394 e. The lowest BCUT2D eigenvalue weighted by Gasteiger charge is -1.80. The average molecular weight is 62.1 g/mol. The molecule has 26 valence electrons. The summed E-state index contributed by atoms with van der Waals surface area (Å²) < 4.78 is 0. The zero-order valence-corrected chi connectivity index (χ0v) is 3.02. The van der Waals surface area contributed by atoms with E-state index in [9.17, 15) is 0 Å². The molecule has 0 aliphatic carbocycles. The monoisotopic (exact) mass is 62.1 g/mol. The Morgan fingerprint density at radius 1 is 1.50 bits per heavy atom. The predicted octanol–water partition coefficient (Wildman–Crippen LogP) is 0.387. The van der Waals surface area contributed by atoms with Crippen LogP contribution in [0.4, 0.5) is 0 Å². The van der Waals surface area contributed by atoms with Gasteiger partial charge in [-0.25, -0.2) is 0 Å². The van der Waals surface area contributed by atoms with Crippen molar-refractivity contribution in [2.24, 2.45) is 0 Å². The van der Waals surface area contributed by atoms with Crippen LogP contribution in [-0.4, -0.2) is 11.2 Å². The number of aliphatic hydroxyl groups excluding tert-OH is 1. The fourth-order valence-electron chi connectivity index (χ4n) is 0. The Hall–Kier alpha value is -0.0400. The first-order chi connectivity index (χ1) is 1.73. The Morgan fingerprint density at radius 3 is 1.50 bits per heavy atom. The van der Waals surface area contributed by atoms with Crippen molar-refractivity contribution in [3.05, 3.63) is 0 Å². The van der Waals surface area contributed by atoms with Gasteiger partial charge >= 0.3 is 0 Å². The topological polar surface area (TPSA) is 20.2 Å². The van der Waals surface area contributed by atoms with Gasteiger partial charge in [0.05, 0.1) is 0 Å². The smallest absolute Gasteiger partial charge is 0.0483 e. The fourth-order valence-corrected chi connectivity index (χ4v) is 0. The van der Waals surface area contributed by atoms with E-state index < -0.39 is 0 Å². The Balaban J connectivity index is 2.32. The second-order valence-electron chi connectivity index (χ2n) is 1.09. The van der Waals surface area contributed by atoms with Gasteiger partial charge in [-0.1, -0.05) is 0 Å². The van der Waals surface area contributed by atoms with Crippen molar-refractivity contribution in [1.82, 2.24) is 0 Å². The molecule has 0 aromatic carbocycles. The van der Waals surface area contributed by atoms with E-state index in [0.717, 1.165) is 0 Å². The zero-order chi connectivity index (χ0) is 3.58. The van der Waals surface area contributed by atoms with Crippen molar-refractivity contribution in [2.45, 2.75) is 20.0 Å². The highest BCUT2D eigenvalue weighted by Gasteiger charge is 1.69. The largest absolute Gasteiger partial charge is 0.394 e. The van der Waals surface area contributed by atoms with E-state index in [1.807, 2.05) is 0 Å². The van der Waals surface area contributed by atoms with Crippen LogP contribution in [0.15, 0.2) is 0 Å². The third kappa shape index (κ3) is 1130. The maximum atomic E-state index is 8.06. The van der Waals surface area contributed by atoms with Crippen LogP contribution >= 0.6 is 0 Å². The molecular formula is C3H8O. The molecule has 0 unspecified atom stereocenters. The standard InChI is InChI=1S/C3H8O/c1-3(2)4/h3-4H,1-2H3/i4+2. The van der Waals surface area contributed by atoms with E-state index in [2.05, 4.69) is 0 Å². The highest BCUT2D eigenvalue weighted by atomic mass is 18.2. The van der Waals surface area contributed by atoms with Gasteiger partial charge in [-0.3, -0.25) is 0 Å². The van der Waals surface area contributed by atoms with Crippen LogP contribution in [0.2, 0.25) is 0 Å². The Morgan fingerprint density at radius 2 is 1.50 bits per heavy atom. The van der Waals surface area contributed by atoms with Gasteiger partial charge in [0.15, 0.2) is 0 Å². The molecule has 0 aliphatic rings. The highest BCUT2D eigenvalue weighted by Crippen LogP contribution is 1.65. The molecule has 1 heteroatoms. The second kappa shape index (κ2) is 1.30. The summed E-state index contributed by atoms with van der Waals surface area (Å²) >= 11 is 0. The van der Waals surface area contributed by atoms with E-state index in [1.54, 1.807) is 13.8 Å². The van der Waals surface area contributed by atoms with E-state index >= 15 is 0 Å². The predicted molar refractivity (Wildman–Crippen MR) is 17.4 cm³/mol. The number of aliphatic hydroxyl groups is 1. The van der Waals surface area contributed by atoms with Crippen molar-refractivity contribution in [3.63, 3.8) is 0 Å². The summed E-state index contributed by atoms with van der Waals surface area (Å²) in [6.45, 7) is 3.44. The van der Waals surface area contributed by atoms with Crippen molar-refractivity contribution >= 4 is 0 Å². The summed E-state index contributed by atoms with van der Waals surface area (Å²) in [6.07, 6.45) is -0.167. The maximum Gasteiger partial charge on any atom is 0.0483 e. The lowest BCUT2D eigenvalue weighted by Crippen LogP contribution is -1.85. The Labute approximate surface area is 26.3 Å². The van der Waals surface area contributed by atoms with E-state index in [-0.39, 0.29) is 6.10 Å². The van der Waals surface area contributed by atoms with Crippen molar-refractivity contribution in [1.29, 1.82) is 0 Å². The number of hydrogen-bond donors (Lipinski definition) is 1. The summed E-state index contributed by atoms with van der Waals surface area (Å²) in [6, 6.07) is 0. The van der Waals surface area contributed by atoms with Gasteiger partial charge in [0.1, 0.15) is 0 Å². The number of hydrogen-bond acceptors (Lipinski definition) is 1. The highest BCUT2D eigenvalue weighted by molar-refractivity contribution is 4.20. The third-order valence-electron chi connectivity index (χ3n) is 0. The minimum atomic E-state index is -0.167. The van der Waals surface area contributed by atoms with Gasteiger partial charge in [-0.2, -0.15) is 0 Å². The first-order valence-electron chi connectivity index (χ1n) is 1.41. The average Bonchev–Trinajstić information content (AvgIpc) is 0.811. The zero-order valence-electron chi connectivity index (χ0n) is 3.02. The molecule has 0 saturated carbocycles. The summed E-state index contributed by atoms with van der Waals surface area (Å²) in [5.41, 5.74) is 0. The van der Waals surface area contributed by atoms with Crippen LogP contribution in [0.25, 0.3) is 0 Å². The molecule has 4 heavy (non-hydrogen) atoms. The fraction of sp³-hybridized carbons (Fsp3) is 1.00. The van der Waals surface area contributed by atoms with Gasteiger partial charge in [-0.05, 0) is 13.8 Å². The molecule has 0 rings (SSSR count). The van der Waals surface area contributed by atoms with Gasteiger partial charge in [0, 0.05) is 6.10 Å². The van der Waals surface area contributed by atoms with Crippen LogP contribution in [-0.2, 0) is 0 Å². The summed E-state index contributed by atoms with van der Waals surface area (Å²) in [5.74, 6) is 0. The summed E-state index contributed by atoms with van der Waals surface area (Å²) in [7, 11) is 0. The molecule has 0 fully saturated rings. The molecule has 0 radical (unpaired) electrons. The van der Waals surface area contributed by atoms with Crippen molar-refractivity contribution < 1.29 is 5.11 Å². The molecule has 0 spiro atoms. The quantitative estimate of drug-likeness (QED) is 0.402. The third-order valence-corrected chi connectivity index (χ3v) is 0. The normalized spacial score (nSPS) is 9.00. The molecule has 0 aliphatic heterocycles. The van der Waals surface area contributed by atoms with Gasteiger partial charge < -0.3 is 5.11 Å². The van der Waals surface area contributed by atoms with E-state index in [4.69, 9.17) is 5.11 Å². The molecular weight excluding hydrogens is 54.0 g/mol. The lowest BCUT2D eigenvalue weighted by atomic mass is 10.5. The molecule has 0 saturated heterocycles. The second-order valence-corrected chi connectivity index (χ2v) is 1.09. The van der Waals surface area contributed by atoms with Crippen molar-refractivity contribution in [2.75, 3.05) is 0 Å². The van der Waals surface area contributed by atoms with Gasteiger partial charge in [-0.15, -0.1) is 0 Å².